The molecular formula is C14H13NO6. The summed E-state index contributed by atoms with van der Waals surface area (Å²) in [6, 6.07) is 7.35. The maximum Gasteiger partial charge on any atom is 0.372 e. The van der Waals surface area contributed by atoms with Gasteiger partial charge in [0.05, 0.1) is 5.92 Å². The Morgan fingerprint density at radius 1 is 1.24 bits per heavy atom. The molecule has 1 atom stereocenters. The summed E-state index contributed by atoms with van der Waals surface area (Å²) in [6.07, 6.45) is 1.23. The van der Waals surface area contributed by atoms with Crippen LogP contribution in [0.1, 0.15) is 12.0 Å². The number of carbonyl (C=O) groups excluding carboxylic acids is 2. The lowest BCUT2D eigenvalue weighted by Gasteiger charge is -2.11. The Balaban J connectivity index is 2.24. The summed E-state index contributed by atoms with van der Waals surface area (Å²) in [7, 11) is 0. The van der Waals surface area contributed by atoms with Gasteiger partial charge in [-0.05, 0) is 18.1 Å². The molecule has 1 heterocycles. The molecule has 2 rings (SSSR count). The first-order valence-electron chi connectivity index (χ1n) is 6.19. The number of ketones is 1. The van der Waals surface area contributed by atoms with Crippen molar-refractivity contribution in [1.29, 1.82) is 0 Å². The van der Waals surface area contributed by atoms with Gasteiger partial charge in [0.15, 0.2) is 0 Å². The van der Waals surface area contributed by atoms with Gasteiger partial charge in [-0.25, -0.2) is 9.59 Å². The number of aromatic amines is 1. The fraction of sp³-hybridized carbons (Fsp3) is 0.214. The maximum atomic E-state index is 11.5. The van der Waals surface area contributed by atoms with Gasteiger partial charge in [0, 0.05) is 23.5 Å². The second kappa shape index (κ2) is 6.19. The highest BCUT2D eigenvalue weighted by atomic mass is 17.1. The van der Waals surface area contributed by atoms with Crippen LogP contribution in [0.15, 0.2) is 30.5 Å². The van der Waals surface area contributed by atoms with E-state index in [-0.39, 0.29) is 6.42 Å². The normalized spacial score (nSPS) is 12.0. The van der Waals surface area contributed by atoms with Crippen LogP contribution in [0.4, 0.5) is 0 Å². The first-order chi connectivity index (χ1) is 10.0. The number of carboxylic acid groups (broad SMARTS) is 1. The zero-order valence-electron chi connectivity index (χ0n) is 10.9. The third-order valence-corrected chi connectivity index (χ3v) is 3.23. The molecule has 0 spiro atoms. The van der Waals surface area contributed by atoms with Crippen LogP contribution < -0.4 is 0 Å². The van der Waals surface area contributed by atoms with E-state index in [9.17, 15) is 14.4 Å². The van der Waals surface area contributed by atoms with E-state index in [0.717, 1.165) is 16.5 Å². The number of benzene rings is 1. The molecule has 0 aliphatic rings. The number of aromatic nitrogens is 1. The third kappa shape index (κ3) is 3.26. The number of aliphatic carboxylic acids is 1. The lowest BCUT2D eigenvalue weighted by molar-refractivity contribution is -0.239. The zero-order valence-corrected chi connectivity index (χ0v) is 10.9. The second-order valence-corrected chi connectivity index (χ2v) is 4.60. The molecule has 0 saturated heterocycles. The van der Waals surface area contributed by atoms with Crippen molar-refractivity contribution in [1.82, 2.24) is 4.98 Å². The Kier molecular flexibility index (Phi) is 4.34. The lowest BCUT2D eigenvalue weighted by atomic mass is 9.94. The number of carboxylic acids is 1. The van der Waals surface area contributed by atoms with Gasteiger partial charge in [0.25, 0.3) is 0 Å². The van der Waals surface area contributed by atoms with Gasteiger partial charge in [-0.15, -0.1) is 0 Å². The molecule has 1 unspecified atom stereocenters. The maximum absolute atomic E-state index is 11.5. The molecule has 110 valence electrons. The number of carbonyl (C=O) groups is 3. The van der Waals surface area contributed by atoms with Crippen molar-refractivity contribution >= 4 is 28.6 Å². The van der Waals surface area contributed by atoms with Gasteiger partial charge in [0.1, 0.15) is 0 Å². The van der Waals surface area contributed by atoms with E-state index in [1.807, 2.05) is 24.3 Å². The second-order valence-electron chi connectivity index (χ2n) is 4.60. The highest BCUT2D eigenvalue weighted by molar-refractivity contribution is 6.33. The van der Waals surface area contributed by atoms with Crippen molar-refractivity contribution < 1.29 is 29.6 Å². The Hall–Kier alpha value is -2.67. The molecule has 0 saturated carbocycles. The topological polar surface area (TPSA) is 117 Å². The fourth-order valence-corrected chi connectivity index (χ4v) is 2.19. The van der Waals surface area contributed by atoms with E-state index in [1.54, 1.807) is 6.20 Å². The molecule has 21 heavy (non-hydrogen) atoms. The molecule has 7 heteroatoms. The Bertz CT molecular complexity index is 690. The Labute approximate surface area is 119 Å². The lowest BCUT2D eigenvalue weighted by Crippen LogP contribution is -2.25. The van der Waals surface area contributed by atoms with Crippen LogP contribution in [0.5, 0.6) is 0 Å². The number of fused-ring (bicyclic) bond motifs is 1. The Morgan fingerprint density at radius 3 is 2.62 bits per heavy atom. The molecule has 1 aromatic carbocycles. The summed E-state index contributed by atoms with van der Waals surface area (Å²) in [4.78, 5) is 40.0. The number of H-pyrrole nitrogens is 1. The van der Waals surface area contributed by atoms with E-state index in [2.05, 4.69) is 9.87 Å². The summed E-state index contributed by atoms with van der Waals surface area (Å²) in [6.45, 7) is 0. The van der Waals surface area contributed by atoms with Crippen LogP contribution in [0, 0.1) is 5.92 Å². The monoisotopic (exact) mass is 291 g/mol. The van der Waals surface area contributed by atoms with Gasteiger partial charge in [-0.2, -0.15) is 5.26 Å². The quantitative estimate of drug-likeness (QED) is 0.420. The minimum absolute atomic E-state index is 0.0857. The average Bonchev–Trinajstić information content (AvgIpc) is 2.89. The van der Waals surface area contributed by atoms with Crippen molar-refractivity contribution in [3.05, 3.63) is 36.0 Å². The number of rotatable bonds is 6. The van der Waals surface area contributed by atoms with E-state index < -0.39 is 30.1 Å². The highest BCUT2D eigenvalue weighted by Crippen LogP contribution is 2.22. The highest BCUT2D eigenvalue weighted by Gasteiger charge is 2.27. The van der Waals surface area contributed by atoms with Crippen LogP contribution in [0.25, 0.3) is 10.9 Å². The number of Topliss-reactive ketones (excluding diaryl/α,β-unsaturated/α-hetero) is 1. The zero-order chi connectivity index (χ0) is 15.4. The number of nitrogens with one attached hydrogen (secondary N) is 1. The predicted molar refractivity (Wildman–Crippen MR) is 71.5 cm³/mol. The summed E-state index contributed by atoms with van der Waals surface area (Å²) < 4.78 is 0. The van der Waals surface area contributed by atoms with E-state index in [4.69, 9.17) is 10.4 Å². The van der Waals surface area contributed by atoms with E-state index in [1.165, 1.54) is 0 Å². The van der Waals surface area contributed by atoms with Crippen LogP contribution in [-0.2, 0) is 25.7 Å². The average molecular weight is 291 g/mol. The molecule has 7 nitrogen and oxygen atoms in total. The molecule has 0 fully saturated rings. The fourth-order valence-electron chi connectivity index (χ4n) is 2.19. The van der Waals surface area contributed by atoms with Crippen molar-refractivity contribution in [2.75, 3.05) is 0 Å². The van der Waals surface area contributed by atoms with Gasteiger partial charge < -0.3 is 15.0 Å². The Morgan fingerprint density at radius 2 is 1.95 bits per heavy atom. The number of hydrogen-bond donors (Lipinski definition) is 3. The molecular weight excluding hydrogens is 278 g/mol. The molecule has 0 aliphatic heterocycles. The molecule has 2 aromatic rings. The first-order valence-corrected chi connectivity index (χ1v) is 6.19. The minimum Gasteiger partial charge on any atom is -0.476 e. The molecule has 0 bridgehead atoms. The van der Waals surface area contributed by atoms with Crippen LogP contribution in [0.2, 0.25) is 0 Å². The van der Waals surface area contributed by atoms with Crippen molar-refractivity contribution in [2.45, 2.75) is 12.8 Å². The predicted octanol–water partition coefficient (Wildman–Crippen LogP) is 1.39. The third-order valence-electron chi connectivity index (χ3n) is 3.23. The summed E-state index contributed by atoms with van der Waals surface area (Å²) in [5, 5.41) is 18.0. The molecule has 0 amide bonds. The van der Waals surface area contributed by atoms with Crippen molar-refractivity contribution in [3.63, 3.8) is 0 Å². The molecule has 3 N–H and O–H groups in total. The minimum atomic E-state index is -1.62. The summed E-state index contributed by atoms with van der Waals surface area (Å²) >= 11 is 0. The van der Waals surface area contributed by atoms with Crippen LogP contribution in [-0.4, -0.2) is 33.1 Å². The molecule has 0 radical (unpaired) electrons. The van der Waals surface area contributed by atoms with Gasteiger partial charge in [-0.1, -0.05) is 18.2 Å². The SMILES string of the molecule is O=C(O)C(=O)CC(Cc1c[nH]c2ccccc12)C(=O)OO. The largest absolute Gasteiger partial charge is 0.476 e. The van der Waals surface area contributed by atoms with Crippen LogP contribution >= 0.6 is 0 Å². The van der Waals surface area contributed by atoms with Gasteiger partial charge in [0.2, 0.25) is 5.78 Å². The smallest absolute Gasteiger partial charge is 0.372 e. The molecule has 0 aliphatic carbocycles. The van der Waals surface area contributed by atoms with Crippen molar-refractivity contribution in [2.24, 2.45) is 5.92 Å². The molecule has 1 aromatic heterocycles. The van der Waals surface area contributed by atoms with E-state index >= 15 is 0 Å². The summed E-state index contributed by atoms with van der Waals surface area (Å²) in [5.41, 5.74) is 1.59. The number of hydrogen-bond acceptors (Lipinski definition) is 5. The van der Waals surface area contributed by atoms with Gasteiger partial charge in [-0.3, -0.25) is 4.79 Å². The van der Waals surface area contributed by atoms with Gasteiger partial charge >= 0.3 is 11.9 Å². The summed E-state index contributed by atoms with van der Waals surface area (Å²) in [5.74, 6) is -4.82. The van der Waals surface area contributed by atoms with Crippen LogP contribution in [0.3, 0.4) is 0 Å². The standard InChI is InChI=1S/C14H13NO6/c16-12(13(17)18)6-8(14(19)21-20)5-9-7-15-11-4-2-1-3-10(9)11/h1-4,7-8,15,20H,5-6H2,(H,17,18). The first kappa shape index (κ1) is 14.7. The van der Waals surface area contributed by atoms with E-state index in [0.29, 0.717) is 0 Å². The van der Waals surface area contributed by atoms with Crippen molar-refractivity contribution in [3.8, 4) is 0 Å². The number of para-hydroxylation sites is 1.